The first-order chi connectivity index (χ1) is 10.5. The largest absolute Gasteiger partial charge is 0.506 e. The summed E-state index contributed by atoms with van der Waals surface area (Å²) in [5.74, 6) is -0.204. The van der Waals surface area contributed by atoms with Crippen LogP contribution in [0, 0.1) is 0 Å². The molecule has 0 saturated carbocycles. The fourth-order valence-corrected chi connectivity index (χ4v) is 2.71. The number of nitrogens with zero attached hydrogens (tertiary/aromatic N) is 1. The number of amides is 1. The van der Waals surface area contributed by atoms with E-state index in [-0.39, 0.29) is 17.7 Å². The van der Waals surface area contributed by atoms with Gasteiger partial charge in [0.25, 0.3) is 0 Å². The molecule has 2 unspecified atom stereocenters. The average Bonchev–Trinajstić information content (AvgIpc) is 2.99. The molecule has 2 aromatic heterocycles. The number of aromatic nitrogens is 1. The Hall–Kier alpha value is -2.18. The van der Waals surface area contributed by atoms with Crippen molar-refractivity contribution in [2.75, 3.05) is 0 Å². The van der Waals surface area contributed by atoms with Crippen molar-refractivity contribution < 1.29 is 15.0 Å². The van der Waals surface area contributed by atoms with Gasteiger partial charge in [-0.3, -0.25) is 9.78 Å². The number of aliphatic hydroxyl groups is 1. The molecule has 1 amide bonds. The maximum Gasteiger partial charge on any atom is 0.244 e. The van der Waals surface area contributed by atoms with Gasteiger partial charge in [0.2, 0.25) is 5.91 Å². The molecule has 2 heterocycles. The zero-order valence-corrected chi connectivity index (χ0v) is 13.0. The molecule has 6 heteroatoms. The van der Waals surface area contributed by atoms with Gasteiger partial charge in [0, 0.05) is 23.2 Å². The molecule has 0 aromatic carbocycles. The quantitative estimate of drug-likeness (QED) is 0.715. The number of aromatic hydroxyl groups is 1. The highest BCUT2D eigenvalue weighted by Gasteiger charge is 2.14. The smallest absolute Gasteiger partial charge is 0.244 e. The minimum atomic E-state index is -0.574. The lowest BCUT2D eigenvalue weighted by molar-refractivity contribution is -0.117. The second kappa shape index (κ2) is 7.72. The van der Waals surface area contributed by atoms with Crippen molar-refractivity contribution in [3.05, 3.63) is 52.5 Å². The van der Waals surface area contributed by atoms with E-state index in [1.807, 2.05) is 24.4 Å². The van der Waals surface area contributed by atoms with Crippen LogP contribution in [0.4, 0.5) is 0 Å². The molecule has 2 aromatic rings. The minimum Gasteiger partial charge on any atom is -0.506 e. The first-order valence-electron chi connectivity index (χ1n) is 6.88. The van der Waals surface area contributed by atoms with E-state index in [4.69, 9.17) is 0 Å². The maximum absolute atomic E-state index is 11.8. The normalized spacial score (nSPS) is 13.9. The number of rotatable bonds is 6. The van der Waals surface area contributed by atoms with Crippen molar-refractivity contribution in [3.8, 4) is 5.75 Å². The third kappa shape index (κ3) is 4.98. The van der Waals surface area contributed by atoms with Crippen molar-refractivity contribution >= 4 is 23.3 Å². The second-order valence-corrected chi connectivity index (χ2v) is 5.97. The highest BCUT2D eigenvalue weighted by Crippen LogP contribution is 2.22. The lowest BCUT2D eigenvalue weighted by Crippen LogP contribution is -2.32. The Morgan fingerprint density at radius 3 is 3.00 bits per heavy atom. The van der Waals surface area contributed by atoms with Crippen LogP contribution >= 0.6 is 11.3 Å². The van der Waals surface area contributed by atoms with E-state index >= 15 is 0 Å². The molecule has 116 valence electrons. The average molecular weight is 318 g/mol. The van der Waals surface area contributed by atoms with Crippen LogP contribution in [0.1, 0.15) is 29.9 Å². The van der Waals surface area contributed by atoms with Crippen LogP contribution in [0.2, 0.25) is 0 Å². The topological polar surface area (TPSA) is 82.5 Å². The van der Waals surface area contributed by atoms with Crippen LogP contribution in [-0.4, -0.2) is 27.1 Å². The van der Waals surface area contributed by atoms with Crippen LogP contribution in [0.5, 0.6) is 5.75 Å². The van der Waals surface area contributed by atoms with Crippen LogP contribution in [0.25, 0.3) is 6.08 Å². The Labute approximate surface area is 133 Å². The van der Waals surface area contributed by atoms with Crippen molar-refractivity contribution in [1.29, 1.82) is 0 Å². The number of carbonyl (C=O) groups is 1. The molecule has 2 rings (SSSR count). The van der Waals surface area contributed by atoms with Crippen LogP contribution in [-0.2, 0) is 4.79 Å². The monoisotopic (exact) mass is 318 g/mol. The molecule has 3 N–H and O–H groups in total. The number of pyridine rings is 1. The SMILES string of the molecule is CC(CC(O)c1cccs1)NC(=O)/C=C/c1cncc(O)c1. The number of hydrogen-bond donors (Lipinski definition) is 3. The van der Waals surface area contributed by atoms with Gasteiger partial charge >= 0.3 is 0 Å². The fraction of sp³-hybridized carbons (Fsp3) is 0.250. The van der Waals surface area contributed by atoms with Gasteiger partial charge in [0.1, 0.15) is 5.75 Å². The molecule has 0 saturated heterocycles. The van der Waals surface area contributed by atoms with Crippen LogP contribution < -0.4 is 5.32 Å². The summed E-state index contributed by atoms with van der Waals surface area (Å²) in [5.41, 5.74) is 0.640. The summed E-state index contributed by atoms with van der Waals surface area (Å²) in [7, 11) is 0. The van der Waals surface area contributed by atoms with Gasteiger partial charge in [-0.15, -0.1) is 11.3 Å². The van der Waals surface area contributed by atoms with Gasteiger partial charge in [-0.25, -0.2) is 0 Å². The van der Waals surface area contributed by atoms with Crippen molar-refractivity contribution in [1.82, 2.24) is 10.3 Å². The Morgan fingerprint density at radius 1 is 1.50 bits per heavy atom. The van der Waals surface area contributed by atoms with E-state index in [1.165, 1.54) is 29.7 Å². The minimum absolute atomic E-state index is 0.0509. The van der Waals surface area contributed by atoms with E-state index < -0.39 is 6.10 Å². The van der Waals surface area contributed by atoms with E-state index in [1.54, 1.807) is 12.3 Å². The summed E-state index contributed by atoms with van der Waals surface area (Å²) in [6, 6.07) is 5.12. The summed E-state index contributed by atoms with van der Waals surface area (Å²) >= 11 is 1.49. The zero-order valence-electron chi connectivity index (χ0n) is 12.1. The first-order valence-corrected chi connectivity index (χ1v) is 7.76. The molecule has 0 radical (unpaired) electrons. The zero-order chi connectivity index (χ0) is 15.9. The molecule has 2 atom stereocenters. The van der Waals surface area contributed by atoms with Crippen molar-refractivity contribution in [2.45, 2.75) is 25.5 Å². The Kier molecular flexibility index (Phi) is 5.68. The third-order valence-electron chi connectivity index (χ3n) is 3.01. The number of nitrogens with one attached hydrogen (secondary N) is 1. The second-order valence-electron chi connectivity index (χ2n) is 4.99. The Balaban J connectivity index is 1.83. The van der Waals surface area contributed by atoms with E-state index in [0.29, 0.717) is 12.0 Å². The first kappa shape index (κ1) is 16.2. The molecule has 0 aliphatic heterocycles. The standard InChI is InChI=1S/C16H18N2O3S/c1-11(7-14(20)15-3-2-6-22-15)18-16(21)5-4-12-8-13(19)10-17-9-12/h2-6,8-11,14,19-20H,7H2,1H3,(H,18,21)/b5-4+. The molecule has 0 spiro atoms. The van der Waals surface area contributed by atoms with Crippen LogP contribution in [0.15, 0.2) is 42.0 Å². The molecule has 0 aliphatic carbocycles. The van der Waals surface area contributed by atoms with Gasteiger partial charge < -0.3 is 15.5 Å². The Morgan fingerprint density at radius 2 is 2.32 bits per heavy atom. The molecule has 0 bridgehead atoms. The molecule has 0 fully saturated rings. The van der Waals surface area contributed by atoms with Gasteiger partial charge in [-0.2, -0.15) is 0 Å². The number of thiophene rings is 1. The molecule has 0 aliphatic rings. The van der Waals surface area contributed by atoms with Crippen molar-refractivity contribution in [2.24, 2.45) is 0 Å². The number of aliphatic hydroxyl groups excluding tert-OH is 1. The summed E-state index contributed by atoms with van der Waals surface area (Å²) in [5, 5.41) is 24.0. The predicted octanol–water partition coefficient (Wildman–Crippen LogP) is 2.49. The Bertz CT molecular complexity index is 641. The lowest BCUT2D eigenvalue weighted by Gasteiger charge is -2.16. The van der Waals surface area contributed by atoms with E-state index in [2.05, 4.69) is 10.3 Å². The summed E-state index contributed by atoms with van der Waals surface area (Å²) in [4.78, 5) is 16.5. The van der Waals surface area contributed by atoms with Gasteiger partial charge in [0.05, 0.1) is 12.3 Å². The molecular weight excluding hydrogens is 300 g/mol. The summed E-state index contributed by atoms with van der Waals surface area (Å²) in [6.07, 6.45) is 5.70. The van der Waals surface area contributed by atoms with Gasteiger partial charge in [-0.05, 0) is 42.5 Å². The molecular formula is C16H18N2O3S. The van der Waals surface area contributed by atoms with Crippen LogP contribution in [0.3, 0.4) is 0 Å². The van der Waals surface area contributed by atoms with Crippen molar-refractivity contribution in [3.63, 3.8) is 0 Å². The van der Waals surface area contributed by atoms with E-state index in [9.17, 15) is 15.0 Å². The lowest BCUT2D eigenvalue weighted by atomic mass is 10.1. The summed E-state index contributed by atoms with van der Waals surface area (Å²) < 4.78 is 0. The number of hydrogen-bond acceptors (Lipinski definition) is 5. The summed E-state index contributed by atoms with van der Waals surface area (Å²) in [6.45, 7) is 1.85. The number of carbonyl (C=O) groups excluding carboxylic acids is 1. The molecule has 5 nitrogen and oxygen atoms in total. The highest BCUT2D eigenvalue weighted by atomic mass is 32.1. The predicted molar refractivity (Wildman–Crippen MR) is 86.4 cm³/mol. The highest BCUT2D eigenvalue weighted by molar-refractivity contribution is 7.10. The van der Waals surface area contributed by atoms with Gasteiger partial charge in [-0.1, -0.05) is 6.07 Å². The fourth-order valence-electron chi connectivity index (χ4n) is 1.99. The third-order valence-corrected chi connectivity index (χ3v) is 3.98. The molecule has 22 heavy (non-hydrogen) atoms. The maximum atomic E-state index is 11.8. The van der Waals surface area contributed by atoms with Gasteiger partial charge in [0.15, 0.2) is 0 Å². The van der Waals surface area contributed by atoms with E-state index in [0.717, 1.165) is 4.88 Å².